The first kappa shape index (κ1) is 35.9. The highest BCUT2D eigenvalue weighted by Gasteiger charge is 2.07. The summed E-state index contributed by atoms with van der Waals surface area (Å²) in [6.07, 6.45) is 5.27. The molecule has 0 aliphatic heterocycles. The number of rotatable bonds is 12. The molecule has 1 N–H and O–H groups in total. The van der Waals surface area contributed by atoms with Gasteiger partial charge in [-0.15, -0.1) is 0 Å². The van der Waals surface area contributed by atoms with Crippen LogP contribution in [-0.2, 0) is 6.42 Å². The Labute approximate surface area is 276 Å². The zero-order chi connectivity index (χ0) is 29.6. The monoisotopic (exact) mass is 712 g/mol. The Morgan fingerprint density at radius 1 is 0.643 bits per heavy atom. The van der Waals surface area contributed by atoms with Gasteiger partial charge in [0, 0.05) is 27.4 Å². The molecule has 0 atom stereocenters. The van der Waals surface area contributed by atoms with Gasteiger partial charge in [0.1, 0.15) is 0 Å². The minimum atomic E-state index is 0. The van der Waals surface area contributed by atoms with E-state index in [4.69, 9.17) is 0 Å². The quantitative estimate of drug-likeness (QED) is 0.161. The lowest BCUT2D eigenvalue weighted by Crippen LogP contribution is -3.05. The van der Waals surface area contributed by atoms with E-state index in [-0.39, 0.29) is 18.2 Å². The third-order valence-corrected chi connectivity index (χ3v) is 7.97. The maximum atomic E-state index is 12.1. The van der Waals surface area contributed by atoms with Crippen LogP contribution in [0.1, 0.15) is 41.6 Å². The highest BCUT2D eigenvalue weighted by molar-refractivity contribution is 9.10. The Hall–Kier alpha value is -2.28. The largest absolute Gasteiger partial charge is 1.00 e. The van der Waals surface area contributed by atoms with E-state index in [1.807, 2.05) is 36.4 Å². The standard InChI is InChI=1S/C18H20BrNO.C18H22BrN.ClH/c1-20(2)13-3-4-18(21)16-7-5-14(6-8-16)15-9-11-17(19)12-10-15;1-20(2)14-4-3-5-15-6-8-16(9-7-15)17-10-12-18(19)13-11-17;/h5-12H,3-4,13H2,1-2H3;6-13H,3-5,14H2,1-2H3;1H. The van der Waals surface area contributed by atoms with Crippen LogP contribution in [0, 0.1) is 0 Å². The maximum absolute atomic E-state index is 12.1. The fourth-order valence-electron chi connectivity index (χ4n) is 4.50. The summed E-state index contributed by atoms with van der Waals surface area (Å²) in [6.45, 7) is 2.21. The van der Waals surface area contributed by atoms with Crippen LogP contribution in [0.5, 0.6) is 0 Å². The van der Waals surface area contributed by atoms with Crippen LogP contribution >= 0.6 is 31.9 Å². The normalized spacial score (nSPS) is 10.7. The molecule has 4 aromatic rings. The third kappa shape index (κ3) is 12.9. The Morgan fingerprint density at radius 3 is 1.50 bits per heavy atom. The number of ketones is 1. The first-order valence-corrected chi connectivity index (χ1v) is 16.0. The second kappa shape index (κ2) is 19.1. The molecule has 0 bridgehead atoms. The van der Waals surface area contributed by atoms with Gasteiger partial charge in [-0.2, -0.15) is 0 Å². The molecule has 0 saturated heterocycles. The van der Waals surface area contributed by atoms with E-state index in [1.165, 1.54) is 47.4 Å². The molecule has 0 unspecified atom stereocenters. The zero-order valence-corrected chi connectivity index (χ0v) is 29.1. The third-order valence-electron chi connectivity index (χ3n) is 6.92. The number of quaternary nitrogens is 1. The lowest BCUT2D eigenvalue weighted by Gasteiger charge is -2.09. The van der Waals surface area contributed by atoms with Crippen molar-refractivity contribution in [2.45, 2.75) is 32.1 Å². The predicted octanol–water partition coefficient (Wildman–Crippen LogP) is 5.23. The van der Waals surface area contributed by atoms with Crippen molar-refractivity contribution >= 4 is 37.6 Å². The van der Waals surface area contributed by atoms with Crippen molar-refractivity contribution < 1.29 is 22.1 Å². The van der Waals surface area contributed by atoms with E-state index in [1.54, 1.807) is 0 Å². The highest BCUT2D eigenvalue weighted by atomic mass is 79.9. The minimum Gasteiger partial charge on any atom is -1.00 e. The summed E-state index contributed by atoms with van der Waals surface area (Å²) in [7, 11) is 8.48. The number of carbonyl (C=O) groups is 1. The molecule has 0 heterocycles. The first-order valence-electron chi connectivity index (χ1n) is 14.4. The molecular formula is C36H43Br2ClN2O. The van der Waals surface area contributed by atoms with E-state index in [0.29, 0.717) is 6.42 Å². The van der Waals surface area contributed by atoms with Gasteiger partial charge in [0.2, 0.25) is 0 Å². The molecule has 0 aliphatic rings. The van der Waals surface area contributed by atoms with Crippen molar-refractivity contribution in [2.75, 3.05) is 41.3 Å². The molecule has 4 rings (SSSR count). The zero-order valence-electron chi connectivity index (χ0n) is 25.2. The van der Waals surface area contributed by atoms with Crippen LogP contribution in [-0.4, -0.2) is 52.0 Å². The van der Waals surface area contributed by atoms with Gasteiger partial charge >= 0.3 is 0 Å². The Morgan fingerprint density at radius 2 is 1.07 bits per heavy atom. The average molecular weight is 715 g/mol. The Balaban J connectivity index is 0.000000287. The fourth-order valence-corrected chi connectivity index (χ4v) is 5.03. The summed E-state index contributed by atoms with van der Waals surface area (Å²) in [6, 6.07) is 33.5. The summed E-state index contributed by atoms with van der Waals surface area (Å²) >= 11 is 6.91. The van der Waals surface area contributed by atoms with E-state index in [9.17, 15) is 4.79 Å². The second-order valence-electron chi connectivity index (χ2n) is 11.0. The minimum absolute atomic E-state index is 0. The number of hydrogen-bond acceptors (Lipinski definition) is 2. The summed E-state index contributed by atoms with van der Waals surface area (Å²) < 4.78 is 2.19. The number of benzene rings is 4. The Kier molecular flexibility index (Phi) is 16.3. The van der Waals surface area contributed by atoms with E-state index < -0.39 is 0 Å². The number of halogens is 3. The van der Waals surface area contributed by atoms with Gasteiger partial charge < -0.3 is 22.2 Å². The van der Waals surface area contributed by atoms with Crippen LogP contribution in [0.15, 0.2) is 106 Å². The molecule has 42 heavy (non-hydrogen) atoms. The molecule has 0 saturated carbocycles. The lowest BCUT2D eigenvalue weighted by atomic mass is 10.0. The second-order valence-corrected chi connectivity index (χ2v) is 12.9. The molecule has 0 aliphatic carbocycles. The lowest BCUT2D eigenvalue weighted by molar-refractivity contribution is -0.858. The number of carbonyl (C=O) groups excluding carboxylic acids is 1. The van der Waals surface area contributed by atoms with Gasteiger partial charge in [-0.25, -0.2) is 0 Å². The van der Waals surface area contributed by atoms with Crippen molar-refractivity contribution in [3.63, 3.8) is 0 Å². The first-order chi connectivity index (χ1) is 19.7. The number of hydrogen-bond donors (Lipinski definition) is 1. The topological polar surface area (TPSA) is 24.8 Å². The van der Waals surface area contributed by atoms with Crippen LogP contribution in [0.4, 0.5) is 0 Å². The molecule has 6 heteroatoms. The van der Waals surface area contributed by atoms with Crippen molar-refractivity contribution in [1.82, 2.24) is 4.90 Å². The summed E-state index contributed by atoms with van der Waals surface area (Å²) in [5.41, 5.74) is 7.10. The maximum Gasteiger partial charge on any atom is 0.163 e. The average Bonchev–Trinajstić information content (AvgIpc) is 2.97. The Bertz CT molecular complexity index is 1320. The fraction of sp³-hybridized carbons (Fsp3) is 0.306. The number of nitrogens with one attached hydrogen (secondary N) is 1. The molecule has 0 radical (unpaired) electrons. The van der Waals surface area contributed by atoms with E-state index in [2.05, 4.69) is 126 Å². The molecule has 0 fully saturated rings. The number of nitrogens with zero attached hydrogens (tertiary/aromatic N) is 1. The van der Waals surface area contributed by atoms with E-state index in [0.717, 1.165) is 38.6 Å². The van der Waals surface area contributed by atoms with Crippen molar-refractivity contribution in [3.8, 4) is 22.3 Å². The van der Waals surface area contributed by atoms with Crippen LogP contribution in [0.25, 0.3) is 22.3 Å². The highest BCUT2D eigenvalue weighted by Crippen LogP contribution is 2.23. The van der Waals surface area contributed by atoms with Gasteiger partial charge in [0.15, 0.2) is 5.78 Å². The van der Waals surface area contributed by atoms with Gasteiger partial charge in [-0.05, 0) is 92.0 Å². The van der Waals surface area contributed by atoms with Gasteiger partial charge in [-0.3, -0.25) is 4.79 Å². The SMILES string of the molecule is CN(C)CCCCc1ccc(-c2ccc(Br)cc2)cc1.C[NH+](C)CCCC(=O)c1ccc(-c2ccc(Br)cc2)cc1.[Cl-]. The summed E-state index contributed by atoms with van der Waals surface area (Å²) in [5, 5.41) is 0. The van der Waals surface area contributed by atoms with Crippen molar-refractivity contribution in [3.05, 3.63) is 117 Å². The van der Waals surface area contributed by atoms with Crippen molar-refractivity contribution in [2.24, 2.45) is 0 Å². The smallest absolute Gasteiger partial charge is 0.163 e. The van der Waals surface area contributed by atoms with Crippen molar-refractivity contribution in [1.29, 1.82) is 0 Å². The van der Waals surface area contributed by atoms with Crippen LogP contribution in [0.3, 0.4) is 0 Å². The van der Waals surface area contributed by atoms with Gasteiger partial charge in [0.05, 0.1) is 20.6 Å². The molecule has 3 nitrogen and oxygen atoms in total. The molecule has 4 aromatic carbocycles. The number of aryl methyl sites for hydroxylation is 1. The summed E-state index contributed by atoms with van der Waals surface area (Å²) in [5.74, 6) is 0.235. The van der Waals surface area contributed by atoms with Crippen LogP contribution in [0.2, 0.25) is 0 Å². The number of Topliss-reactive ketones (excluding diaryl/α,β-unsaturated/α-hetero) is 1. The molecule has 0 aromatic heterocycles. The number of unbranched alkanes of at least 4 members (excludes halogenated alkanes) is 1. The van der Waals surface area contributed by atoms with Crippen LogP contribution < -0.4 is 17.3 Å². The van der Waals surface area contributed by atoms with Gasteiger partial charge in [0.25, 0.3) is 0 Å². The predicted molar refractivity (Wildman–Crippen MR) is 182 cm³/mol. The van der Waals surface area contributed by atoms with Gasteiger partial charge in [-0.1, -0.05) is 105 Å². The molecule has 0 spiro atoms. The molecule has 224 valence electrons. The summed E-state index contributed by atoms with van der Waals surface area (Å²) in [4.78, 5) is 15.7. The molecular weight excluding hydrogens is 672 g/mol. The molecule has 0 amide bonds. The van der Waals surface area contributed by atoms with E-state index >= 15 is 0 Å².